The quantitative estimate of drug-likeness (QED) is 0.402. The first kappa shape index (κ1) is 26.1. The largest absolute Gasteiger partial charge is 0.497 e. The van der Waals surface area contributed by atoms with Crippen molar-refractivity contribution < 1.29 is 14.3 Å². The molecule has 184 valence electrons. The minimum absolute atomic E-state index is 0.0222. The first-order valence-electron chi connectivity index (χ1n) is 12.4. The molecule has 1 N–H and O–H groups in total. The monoisotopic (exact) mass is 482 g/mol. The van der Waals surface area contributed by atoms with Crippen LogP contribution in [0.3, 0.4) is 0 Å². The normalized spacial score (nSPS) is 14.9. The van der Waals surface area contributed by atoms with Gasteiger partial charge in [0, 0.05) is 30.5 Å². The fourth-order valence-corrected chi connectivity index (χ4v) is 5.39. The second kappa shape index (κ2) is 14.1. The van der Waals surface area contributed by atoms with Gasteiger partial charge in [-0.3, -0.25) is 9.59 Å². The second-order valence-electron chi connectivity index (χ2n) is 8.93. The molecule has 0 heterocycles. The van der Waals surface area contributed by atoms with Crippen molar-refractivity contribution >= 4 is 23.6 Å². The molecule has 3 rings (SSSR count). The molecule has 1 saturated carbocycles. The second-order valence-corrected chi connectivity index (χ2v) is 10.0. The van der Waals surface area contributed by atoms with E-state index < -0.39 is 6.04 Å². The van der Waals surface area contributed by atoms with E-state index in [1.54, 1.807) is 23.8 Å². The predicted octanol–water partition coefficient (Wildman–Crippen LogP) is 5.57. The molecule has 0 saturated heterocycles. The van der Waals surface area contributed by atoms with Crippen molar-refractivity contribution in [3.8, 4) is 5.75 Å². The number of nitrogens with zero attached hydrogens (tertiary/aromatic N) is 1. The number of carbonyl (C=O) groups excluding carboxylic acids is 2. The Balaban J connectivity index is 1.67. The van der Waals surface area contributed by atoms with Gasteiger partial charge in [0.25, 0.3) is 0 Å². The highest BCUT2D eigenvalue weighted by molar-refractivity contribution is 7.98. The van der Waals surface area contributed by atoms with Gasteiger partial charge in [0.15, 0.2) is 0 Å². The summed E-state index contributed by atoms with van der Waals surface area (Å²) in [5.74, 6) is 2.35. The number of carbonyl (C=O) groups is 2. The number of hydrogen-bond donors (Lipinski definition) is 1. The molecular formula is C28H38N2O3S. The van der Waals surface area contributed by atoms with Gasteiger partial charge >= 0.3 is 0 Å². The van der Waals surface area contributed by atoms with Crippen LogP contribution >= 0.6 is 11.8 Å². The number of rotatable bonds is 12. The van der Waals surface area contributed by atoms with Crippen molar-refractivity contribution in [2.24, 2.45) is 0 Å². The minimum atomic E-state index is -0.472. The summed E-state index contributed by atoms with van der Waals surface area (Å²) < 4.78 is 5.37. The molecule has 1 fully saturated rings. The van der Waals surface area contributed by atoms with Gasteiger partial charge in [-0.15, -0.1) is 0 Å². The molecule has 2 amide bonds. The molecule has 34 heavy (non-hydrogen) atoms. The molecule has 2 aromatic carbocycles. The number of ether oxygens (including phenoxy) is 1. The summed E-state index contributed by atoms with van der Waals surface area (Å²) in [4.78, 5) is 28.5. The molecule has 1 atom stereocenters. The molecule has 1 aliphatic rings. The smallest absolute Gasteiger partial charge is 0.243 e. The lowest BCUT2D eigenvalue weighted by Crippen LogP contribution is -2.51. The first-order chi connectivity index (χ1) is 16.6. The summed E-state index contributed by atoms with van der Waals surface area (Å²) in [5.41, 5.74) is 2.22. The third kappa shape index (κ3) is 8.08. The fourth-order valence-electron chi connectivity index (χ4n) is 4.50. The van der Waals surface area contributed by atoms with E-state index in [-0.39, 0.29) is 17.9 Å². The number of benzene rings is 2. The predicted molar refractivity (Wildman–Crippen MR) is 140 cm³/mol. The molecule has 0 aliphatic heterocycles. The zero-order valence-corrected chi connectivity index (χ0v) is 21.3. The van der Waals surface area contributed by atoms with Crippen molar-refractivity contribution in [2.45, 2.75) is 76.3 Å². The number of thioether (sulfide) groups is 1. The molecule has 0 radical (unpaired) electrons. The summed E-state index contributed by atoms with van der Waals surface area (Å²) in [6.07, 6.45) is 6.62. The fraction of sp³-hybridized carbons (Fsp3) is 0.500. The molecule has 0 spiro atoms. The van der Waals surface area contributed by atoms with Crippen LogP contribution in [-0.4, -0.2) is 41.7 Å². The Morgan fingerprint density at radius 2 is 1.79 bits per heavy atom. The average Bonchev–Trinajstić information content (AvgIpc) is 2.87. The van der Waals surface area contributed by atoms with Crippen LogP contribution in [0.1, 0.15) is 63.0 Å². The van der Waals surface area contributed by atoms with Gasteiger partial charge in [-0.25, -0.2) is 0 Å². The maximum atomic E-state index is 13.4. The van der Waals surface area contributed by atoms with Crippen LogP contribution in [0.4, 0.5) is 0 Å². The van der Waals surface area contributed by atoms with E-state index >= 15 is 0 Å². The van der Waals surface area contributed by atoms with Crippen LogP contribution in [0, 0.1) is 0 Å². The van der Waals surface area contributed by atoms with Gasteiger partial charge in [0.05, 0.1) is 7.11 Å². The van der Waals surface area contributed by atoms with E-state index in [1.807, 2.05) is 49.4 Å². The van der Waals surface area contributed by atoms with Gasteiger partial charge in [0.1, 0.15) is 11.8 Å². The molecule has 0 bridgehead atoms. The van der Waals surface area contributed by atoms with Crippen LogP contribution in [-0.2, 0) is 21.9 Å². The SMILES string of the molecule is CC[C@@H](C(=O)NC1CCCCC1)N(Cc1cccc(OC)c1)C(=O)CCSCc1ccccc1. The highest BCUT2D eigenvalue weighted by atomic mass is 32.2. The maximum absolute atomic E-state index is 13.4. The molecule has 1 aliphatic carbocycles. The van der Waals surface area contributed by atoms with Gasteiger partial charge < -0.3 is 15.0 Å². The van der Waals surface area contributed by atoms with Crippen LogP contribution in [0.5, 0.6) is 5.75 Å². The Labute approximate surface area is 208 Å². The summed E-state index contributed by atoms with van der Waals surface area (Å²) in [7, 11) is 1.64. The van der Waals surface area contributed by atoms with E-state index in [2.05, 4.69) is 17.4 Å². The van der Waals surface area contributed by atoms with Crippen LogP contribution in [0.2, 0.25) is 0 Å². The summed E-state index contributed by atoms with van der Waals surface area (Å²) in [6, 6.07) is 17.8. The maximum Gasteiger partial charge on any atom is 0.243 e. The molecule has 2 aromatic rings. The van der Waals surface area contributed by atoms with Crippen LogP contribution in [0.25, 0.3) is 0 Å². The number of methoxy groups -OCH3 is 1. The third-order valence-corrected chi connectivity index (χ3v) is 7.43. The van der Waals surface area contributed by atoms with Crippen LogP contribution < -0.4 is 10.1 Å². The van der Waals surface area contributed by atoms with Gasteiger partial charge in [-0.2, -0.15) is 11.8 Å². The number of hydrogen-bond acceptors (Lipinski definition) is 4. The first-order valence-corrected chi connectivity index (χ1v) is 13.6. The Morgan fingerprint density at radius 3 is 2.50 bits per heavy atom. The summed E-state index contributed by atoms with van der Waals surface area (Å²) >= 11 is 1.75. The lowest BCUT2D eigenvalue weighted by Gasteiger charge is -2.33. The average molecular weight is 483 g/mol. The van der Waals surface area contributed by atoms with E-state index in [1.165, 1.54) is 12.0 Å². The van der Waals surface area contributed by atoms with E-state index in [0.29, 0.717) is 19.4 Å². The van der Waals surface area contributed by atoms with Gasteiger partial charge in [-0.1, -0.05) is 68.7 Å². The van der Waals surface area contributed by atoms with Gasteiger partial charge in [0.2, 0.25) is 11.8 Å². The van der Waals surface area contributed by atoms with E-state index in [4.69, 9.17) is 4.74 Å². The highest BCUT2D eigenvalue weighted by Gasteiger charge is 2.30. The zero-order valence-electron chi connectivity index (χ0n) is 20.5. The van der Waals surface area contributed by atoms with Crippen molar-refractivity contribution in [2.75, 3.05) is 12.9 Å². The molecule has 6 heteroatoms. The van der Waals surface area contributed by atoms with Crippen molar-refractivity contribution in [3.63, 3.8) is 0 Å². The highest BCUT2D eigenvalue weighted by Crippen LogP contribution is 2.21. The topological polar surface area (TPSA) is 58.6 Å². The zero-order chi connectivity index (χ0) is 24.2. The Kier molecular flexibility index (Phi) is 10.8. The van der Waals surface area contributed by atoms with Crippen molar-refractivity contribution in [1.29, 1.82) is 0 Å². The molecule has 0 aromatic heterocycles. The number of nitrogens with one attached hydrogen (secondary N) is 1. The molecular weight excluding hydrogens is 444 g/mol. The van der Waals surface area contributed by atoms with Crippen LogP contribution in [0.15, 0.2) is 54.6 Å². The molecule has 0 unspecified atom stereocenters. The third-order valence-electron chi connectivity index (χ3n) is 6.40. The molecule has 5 nitrogen and oxygen atoms in total. The lowest BCUT2D eigenvalue weighted by molar-refractivity contribution is -0.141. The van der Waals surface area contributed by atoms with Crippen molar-refractivity contribution in [1.82, 2.24) is 10.2 Å². The van der Waals surface area contributed by atoms with Gasteiger partial charge in [-0.05, 0) is 42.5 Å². The van der Waals surface area contributed by atoms with E-state index in [9.17, 15) is 9.59 Å². The summed E-state index contributed by atoms with van der Waals surface area (Å²) in [5, 5.41) is 3.24. The van der Waals surface area contributed by atoms with Crippen molar-refractivity contribution in [3.05, 3.63) is 65.7 Å². The minimum Gasteiger partial charge on any atom is -0.497 e. The Morgan fingerprint density at radius 1 is 1.06 bits per heavy atom. The summed E-state index contributed by atoms with van der Waals surface area (Å²) in [6.45, 7) is 2.39. The lowest BCUT2D eigenvalue weighted by atomic mass is 9.95. The van der Waals surface area contributed by atoms with E-state index in [0.717, 1.165) is 48.5 Å². The Bertz CT molecular complexity index is 900. The standard InChI is InChI=1S/C28H38N2O3S/c1-3-26(28(32)29-24-14-8-5-9-15-24)30(20-23-13-10-16-25(19-23)33-2)27(31)17-18-34-21-22-11-6-4-7-12-22/h4,6-7,10-13,16,19,24,26H,3,5,8-9,14-15,17-18,20-21H2,1-2H3,(H,29,32)/t26-/m0/s1. The number of amides is 2. The Hall–Kier alpha value is -2.47.